The first kappa shape index (κ1) is 28.2. The predicted octanol–water partition coefficient (Wildman–Crippen LogP) is 12.0. The lowest BCUT2D eigenvalue weighted by molar-refractivity contribution is 0.669. The van der Waals surface area contributed by atoms with E-state index in [4.69, 9.17) is 23.8 Å². The van der Waals surface area contributed by atoms with E-state index in [9.17, 15) is 0 Å². The summed E-state index contributed by atoms with van der Waals surface area (Å²) in [6.45, 7) is 0. The third kappa shape index (κ3) is 4.67. The molecule has 0 radical (unpaired) electrons. The maximum atomic E-state index is 6.41. The van der Waals surface area contributed by atoms with Crippen molar-refractivity contribution in [2.75, 3.05) is 0 Å². The van der Waals surface area contributed by atoms with Crippen LogP contribution in [-0.4, -0.2) is 15.0 Å². The van der Waals surface area contributed by atoms with Gasteiger partial charge in [-0.2, -0.15) is 0 Å². The van der Waals surface area contributed by atoms with E-state index < -0.39 is 0 Å². The van der Waals surface area contributed by atoms with Gasteiger partial charge in [0.2, 0.25) is 0 Å². The first-order chi connectivity index (χ1) is 24.8. The van der Waals surface area contributed by atoms with Crippen molar-refractivity contribution < 1.29 is 8.83 Å². The number of hydrogen-bond donors (Lipinski definition) is 0. The summed E-state index contributed by atoms with van der Waals surface area (Å²) in [6, 6.07) is 55.8. The van der Waals surface area contributed by atoms with Gasteiger partial charge >= 0.3 is 0 Å². The lowest BCUT2D eigenvalue weighted by Crippen LogP contribution is -2.00. The van der Waals surface area contributed by atoms with Crippen LogP contribution in [0.1, 0.15) is 0 Å². The van der Waals surface area contributed by atoms with Crippen molar-refractivity contribution in [1.29, 1.82) is 0 Å². The molecule has 0 bridgehead atoms. The molecule has 0 saturated heterocycles. The highest BCUT2D eigenvalue weighted by Crippen LogP contribution is 2.38. The fraction of sp³-hybridized carbons (Fsp3) is 0. The number of hydrogen-bond acceptors (Lipinski definition) is 5. The van der Waals surface area contributed by atoms with Crippen molar-refractivity contribution in [2.45, 2.75) is 0 Å². The molecule has 0 saturated carbocycles. The Morgan fingerprint density at radius 3 is 1.30 bits per heavy atom. The van der Waals surface area contributed by atoms with Gasteiger partial charge in [0.15, 0.2) is 17.5 Å². The summed E-state index contributed by atoms with van der Waals surface area (Å²) in [4.78, 5) is 15.1. The summed E-state index contributed by atoms with van der Waals surface area (Å²) in [5.74, 6) is 1.73. The highest BCUT2D eigenvalue weighted by atomic mass is 16.3. The number of nitrogens with zero attached hydrogens (tertiary/aromatic N) is 3. The SMILES string of the molecule is c1ccc(-c2ccc(-c3nc(-c4ccc(-c5cccc6c5oc5ccccc56)cc4)nc(-c4cccc5c4oc4ccccc45)n3)cc2)cc1. The quantitative estimate of drug-likeness (QED) is 0.187. The summed E-state index contributed by atoms with van der Waals surface area (Å²) < 4.78 is 12.7. The van der Waals surface area contributed by atoms with Gasteiger partial charge in [0, 0.05) is 38.2 Å². The zero-order valence-corrected chi connectivity index (χ0v) is 26.7. The Balaban J connectivity index is 1.11. The number of rotatable bonds is 5. The number of para-hydroxylation sites is 4. The average Bonchev–Trinajstić information content (AvgIpc) is 3.77. The molecule has 0 unspecified atom stereocenters. The van der Waals surface area contributed by atoms with Gasteiger partial charge in [-0.3, -0.25) is 0 Å². The number of fused-ring (bicyclic) bond motifs is 6. The molecule has 0 aliphatic rings. The van der Waals surface area contributed by atoms with Gasteiger partial charge in [0.05, 0.1) is 5.56 Å². The van der Waals surface area contributed by atoms with Crippen molar-refractivity contribution in [1.82, 2.24) is 15.0 Å². The van der Waals surface area contributed by atoms with Gasteiger partial charge in [-0.25, -0.2) is 15.0 Å². The summed E-state index contributed by atoms with van der Waals surface area (Å²) in [5, 5.41) is 4.30. The van der Waals surface area contributed by atoms with Crippen molar-refractivity contribution >= 4 is 43.9 Å². The Kier molecular flexibility index (Phi) is 6.42. The first-order valence-electron chi connectivity index (χ1n) is 16.6. The summed E-state index contributed by atoms with van der Waals surface area (Å²) in [6.07, 6.45) is 0. The molecule has 234 valence electrons. The van der Waals surface area contributed by atoms with Gasteiger partial charge in [0.1, 0.15) is 22.3 Å². The van der Waals surface area contributed by atoms with Crippen LogP contribution in [-0.2, 0) is 0 Å². The van der Waals surface area contributed by atoms with E-state index >= 15 is 0 Å². The molecule has 0 fully saturated rings. The van der Waals surface area contributed by atoms with Crippen molar-refractivity contribution in [3.8, 4) is 56.4 Å². The number of furan rings is 2. The van der Waals surface area contributed by atoms with Crippen LogP contribution in [0.4, 0.5) is 0 Å². The van der Waals surface area contributed by atoms with E-state index in [-0.39, 0.29) is 0 Å². The first-order valence-corrected chi connectivity index (χ1v) is 16.6. The third-order valence-corrected chi connectivity index (χ3v) is 9.39. The van der Waals surface area contributed by atoms with Crippen molar-refractivity contribution in [2.24, 2.45) is 0 Å². The monoisotopic (exact) mass is 641 g/mol. The third-order valence-electron chi connectivity index (χ3n) is 9.39. The van der Waals surface area contributed by atoms with Crippen LogP contribution < -0.4 is 0 Å². The summed E-state index contributed by atoms with van der Waals surface area (Å²) in [7, 11) is 0. The van der Waals surface area contributed by atoms with Gasteiger partial charge in [-0.05, 0) is 34.9 Å². The zero-order valence-electron chi connectivity index (χ0n) is 26.7. The van der Waals surface area contributed by atoms with Crippen molar-refractivity contribution in [3.63, 3.8) is 0 Å². The predicted molar refractivity (Wildman–Crippen MR) is 202 cm³/mol. The largest absolute Gasteiger partial charge is 0.455 e. The minimum absolute atomic E-state index is 0.554. The minimum Gasteiger partial charge on any atom is -0.455 e. The molecule has 0 N–H and O–H groups in total. The highest BCUT2D eigenvalue weighted by molar-refractivity contribution is 6.10. The Bertz CT molecular complexity index is 2850. The zero-order chi connectivity index (χ0) is 33.0. The van der Waals surface area contributed by atoms with Gasteiger partial charge < -0.3 is 8.83 Å². The van der Waals surface area contributed by atoms with E-state index in [1.54, 1.807) is 0 Å². The van der Waals surface area contributed by atoms with Crippen LogP contribution in [0.5, 0.6) is 0 Å². The van der Waals surface area contributed by atoms with Crippen LogP contribution in [0.25, 0.3) is 100 Å². The second-order valence-electron chi connectivity index (χ2n) is 12.4. The molecule has 7 aromatic carbocycles. The molecule has 50 heavy (non-hydrogen) atoms. The summed E-state index contributed by atoms with van der Waals surface area (Å²) >= 11 is 0. The maximum absolute atomic E-state index is 6.41. The van der Waals surface area contributed by atoms with Crippen LogP contribution in [0, 0.1) is 0 Å². The molecule has 0 aliphatic carbocycles. The van der Waals surface area contributed by atoms with Crippen LogP contribution in [0.15, 0.2) is 173 Å². The van der Waals surface area contributed by atoms with E-state index in [0.29, 0.717) is 17.5 Å². The number of benzene rings is 7. The molecule has 10 rings (SSSR count). The van der Waals surface area contributed by atoms with E-state index in [2.05, 4.69) is 109 Å². The molecule has 10 aromatic rings. The van der Waals surface area contributed by atoms with Crippen LogP contribution >= 0.6 is 0 Å². The summed E-state index contributed by atoms with van der Waals surface area (Å²) in [5.41, 5.74) is 10.3. The molecular weight excluding hydrogens is 615 g/mol. The molecule has 0 atom stereocenters. The molecule has 5 heteroatoms. The maximum Gasteiger partial charge on any atom is 0.167 e. The molecular formula is C45H27N3O2. The van der Waals surface area contributed by atoms with E-state index in [1.807, 2.05) is 54.6 Å². The average molecular weight is 642 g/mol. The second kappa shape index (κ2) is 11.4. The highest BCUT2D eigenvalue weighted by Gasteiger charge is 2.18. The molecule has 3 aromatic heterocycles. The van der Waals surface area contributed by atoms with Crippen LogP contribution in [0.2, 0.25) is 0 Å². The molecule has 0 spiro atoms. The molecule has 0 aliphatic heterocycles. The fourth-order valence-electron chi connectivity index (χ4n) is 6.89. The Hall–Kier alpha value is -6.85. The minimum atomic E-state index is 0.554. The molecule has 3 heterocycles. The van der Waals surface area contributed by atoms with E-state index in [0.717, 1.165) is 82.8 Å². The molecule has 0 amide bonds. The smallest absolute Gasteiger partial charge is 0.167 e. The standard InChI is InChI=1S/C45H27N3O2/c1-2-10-28(11-3-1)29-20-24-31(25-21-29)43-46-44(48-45(47-43)38-17-9-16-37-35-13-5-7-19-40(35)50-42(37)38)32-26-22-30(23-27-32)33-14-8-15-36-34-12-4-6-18-39(34)49-41(33)36/h1-27H. The normalized spacial score (nSPS) is 11.6. The van der Waals surface area contributed by atoms with Gasteiger partial charge in [-0.15, -0.1) is 0 Å². The molecule has 5 nitrogen and oxygen atoms in total. The van der Waals surface area contributed by atoms with Crippen LogP contribution in [0.3, 0.4) is 0 Å². The number of aromatic nitrogens is 3. The van der Waals surface area contributed by atoms with E-state index in [1.165, 1.54) is 0 Å². The second-order valence-corrected chi connectivity index (χ2v) is 12.4. The van der Waals surface area contributed by atoms with Gasteiger partial charge in [0.25, 0.3) is 0 Å². The fourth-order valence-corrected chi connectivity index (χ4v) is 6.89. The van der Waals surface area contributed by atoms with Gasteiger partial charge in [-0.1, -0.05) is 146 Å². The lowest BCUT2D eigenvalue weighted by Gasteiger charge is -2.10. The van der Waals surface area contributed by atoms with Crippen molar-refractivity contribution in [3.05, 3.63) is 164 Å². The topological polar surface area (TPSA) is 65.0 Å². The Labute approximate surface area is 287 Å². The Morgan fingerprint density at radius 2 is 0.700 bits per heavy atom. The lowest BCUT2D eigenvalue weighted by atomic mass is 10.0. The Morgan fingerprint density at radius 1 is 0.280 bits per heavy atom.